The fourth-order valence-corrected chi connectivity index (χ4v) is 2.50. The summed E-state index contributed by atoms with van der Waals surface area (Å²) in [4.78, 5) is 0. The van der Waals surface area contributed by atoms with Gasteiger partial charge in [-0.15, -0.1) is 0 Å². The lowest BCUT2D eigenvalue weighted by atomic mass is 9.89. The Morgan fingerprint density at radius 2 is 1.94 bits per heavy atom. The number of hydrogen-bond acceptors (Lipinski definition) is 3. The second-order valence-corrected chi connectivity index (χ2v) is 4.71. The van der Waals surface area contributed by atoms with Gasteiger partial charge in [0.05, 0.1) is 0 Å². The summed E-state index contributed by atoms with van der Waals surface area (Å²) in [6.45, 7) is 1.95. The van der Waals surface area contributed by atoms with Gasteiger partial charge in [-0.25, -0.2) is 0 Å². The minimum absolute atomic E-state index is 0.415. The molecule has 2 aromatic rings. The van der Waals surface area contributed by atoms with Crippen LogP contribution in [0.4, 0.5) is 5.88 Å². The van der Waals surface area contributed by atoms with E-state index in [0.29, 0.717) is 5.88 Å². The van der Waals surface area contributed by atoms with Crippen molar-refractivity contribution in [3.05, 3.63) is 34.9 Å². The van der Waals surface area contributed by atoms with Gasteiger partial charge < -0.3 is 10.3 Å². The van der Waals surface area contributed by atoms with Crippen LogP contribution >= 0.6 is 0 Å². The van der Waals surface area contributed by atoms with Crippen LogP contribution < -0.4 is 5.73 Å². The molecule has 1 aromatic carbocycles. The van der Waals surface area contributed by atoms with Crippen LogP contribution in [0.2, 0.25) is 0 Å². The average molecular weight is 228 g/mol. The Kier molecular flexibility index (Phi) is 2.39. The largest absolute Gasteiger partial charge is 0.367 e. The van der Waals surface area contributed by atoms with E-state index in [0.717, 1.165) is 16.8 Å². The zero-order chi connectivity index (χ0) is 11.8. The summed E-state index contributed by atoms with van der Waals surface area (Å²) in [7, 11) is 0. The lowest BCUT2D eigenvalue weighted by molar-refractivity contribution is 0.439. The number of nitrogens with zero attached hydrogens (tertiary/aromatic N) is 1. The molecule has 2 N–H and O–H groups in total. The summed E-state index contributed by atoms with van der Waals surface area (Å²) in [5.74, 6) is 0.415. The number of fused-ring (bicyclic) bond motifs is 1. The number of nitrogen functional groups attached to an aromatic ring is 1. The van der Waals surface area contributed by atoms with Gasteiger partial charge in [0.1, 0.15) is 5.69 Å². The van der Waals surface area contributed by atoms with Crippen LogP contribution in [0.5, 0.6) is 0 Å². The predicted octanol–water partition coefficient (Wildman–Crippen LogP) is 3.11. The molecule has 0 unspecified atom stereocenters. The molecule has 0 saturated carbocycles. The molecule has 0 fully saturated rings. The molecule has 0 spiro atoms. The van der Waals surface area contributed by atoms with Crippen LogP contribution in [-0.4, -0.2) is 5.16 Å². The Bertz CT molecular complexity index is 557. The van der Waals surface area contributed by atoms with E-state index in [-0.39, 0.29) is 0 Å². The van der Waals surface area contributed by atoms with Gasteiger partial charge in [-0.05, 0) is 49.8 Å². The highest BCUT2D eigenvalue weighted by Crippen LogP contribution is 2.30. The van der Waals surface area contributed by atoms with Gasteiger partial charge in [0.2, 0.25) is 5.88 Å². The lowest BCUT2D eigenvalue weighted by Crippen LogP contribution is -2.02. The Hall–Kier alpha value is -1.77. The summed E-state index contributed by atoms with van der Waals surface area (Å²) >= 11 is 0. The second-order valence-electron chi connectivity index (χ2n) is 4.71. The Labute approximate surface area is 101 Å². The van der Waals surface area contributed by atoms with Crippen molar-refractivity contribution in [2.75, 3.05) is 5.73 Å². The van der Waals surface area contributed by atoms with Gasteiger partial charge in [-0.3, -0.25) is 0 Å². The third-order valence-corrected chi connectivity index (χ3v) is 3.58. The summed E-state index contributed by atoms with van der Waals surface area (Å²) in [6.07, 6.45) is 4.98. The summed E-state index contributed by atoms with van der Waals surface area (Å²) in [5.41, 5.74) is 11.5. The smallest absolute Gasteiger partial charge is 0.225 e. The van der Waals surface area contributed by atoms with E-state index in [9.17, 15) is 0 Å². The maximum absolute atomic E-state index is 5.69. The minimum Gasteiger partial charge on any atom is -0.367 e. The number of aromatic nitrogens is 1. The van der Waals surface area contributed by atoms with Crippen LogP contribution in [0.25, 0.3) is 11.3 Å². The molecule has 1 heterocycles. The Balaban J connectivity index is 2.07. The highest BCUT2D eigenvalue weighted by Gasteiger charge is 2.14. The maximum Gasteiger partial charge on any atom is 0.225 e. The lowest BCUT2D eigenvalue weighted by Gasteiger charge is -2.16. The molecule has 1 aliphatic rings. The number of aryl methyl sites for hydroxylation is 2. The molecule has 0 radical (unpaired) electrons. The van der Waals surface area contributed by atoms with E-state index in [1.54, 1.807) is 0 Å². The predicted molar refractivity (Wildman–Crippen MR) is 67.7 cm³/mol. The zero-order valence-electron chi connectivity index (χ0n) is 9.99. The van der Waals surface area contributed by atoms with Crippen LogP contribution in [0.3, 0.4) is 0 Å². The highest BCUT2D eigenvalue weighted by atomic mass is 16.5. The monoisotopic (exact) mass is 228 g/mol. The molecule has 0 bridgehead atoms. The SMILES string of the molecule is Cc1c(-c2ccc3c(c2)CCCC3)noc1N. The van der Waals surface area contributed by atoms with E-state index < -0.39 is 0 Å². The topological polar surface area (TPSA) is 52.0 Å². The van der Waals surface area contributed by atoms with Crippen molar-refractivity contribution in [2.45, 2.75) is 32.6 Å². The van der Waals surface area contributed by atoms with Crippen molar-refractivity contribution < 1.29 is 4.52 Å². The van der Waals surface area contributed by atoms with E-state index in [4.69, 9.17) is 10.3 Å². The highest BCUT2D eigenvalue weighted by molar-refractivity contribution is 5.67. The first-order valence-electron chi connectivity index (χ1n) is 6.09. The van der Waals surface area contributed by atoms with Crippen molar-refractivity contribution >= 4 is 5.88 Å². The van der Waals surface area contributed by atoms with Crippen LogP contribution in [0.1, 0.15) is 29.5 Å². The van der Waals surface area contributed by atoms with E-state index in [1.165, 1.54) is 36.8 Å². The molecule has 17 heavy (non-hydrogen) atoms. The quantitative estimate of drug-likeness (QED) is 0.815. The average Bonchev–Trinajstić information content (AvgIpc) is 2.70. The minimum atomic E-state index is 0.415. The molecule has 3 rings (SSSR count). The van der Waals surface area contributed by atoms with Gasteiger partial charge in [-0.2, -0.15) is 0 Å². The van der Waals surface area contributed by atoms with Crippen molar-refractivity contribution in [1.82, 2.24) is 5.16 Å². The third-order valence-electron chi connectivity index (χ3n) is 3.58. The third kappa shape index (κ3) is 1.71. The molecule has 0 atom stereocenters. The molecule has 3 heteroatoms. The summed E-state index contributed by atoms with van der Waals surface area (Å²) in [5, 5.41) is 4.03. The van der Waals surface area contributed by atoms with E-state index >= 15 is 0 Å². The molecular formula is C14H16N2O. The molecule has 0 saturated heterocycles. The molecule has 0 amide bonds. The molecule has 88 valence electrons. The number of benzene rings is 1. The number of nitrogens with two attached hydrogens (primary N) is 1. The number of rotatable bonds is 1. The fraction of sp³-hybridized carbons (Fsp3) is 0.357. The molecule has 3 nitrogen and oxygen atoms in total. The van der Waals surface area contributed by atoms with E-state index in [2.05, 4.69) is 23.4 Å². The van der Waals surface area contributed by atoms with Gasteiger partial charge >= 0.3 is 0 Å². The van der Waals surface area contributed by atoms with Crippen molar-refractivity contribution in [3.8, 4) is 11.3 Å². The molecule has 0 aliphatic heterocycles. The first-order valence-corrected chi connectivity index (χ1v) is 6.09. The zero-order valence-corrected chi connectivity index (χ0v) is 9.99. The second kappa shape index (κ2) is 3.91. The molecular weight excluding hydrogens is 212 g/mol. The Morgan fingerprint density at radius 3 is 2.65 bits per heavy atom. The fourth-order valence-electron chi connectivity index (χ4n) is 2.50. The van der Waals surface area contributed by atoms with Crippen molar-refractivity contribution in [3.63, 3.8) is 0 Å². The number of anilines is 1. The van der Waals surface area contributed by atoms with Gasteiger partial charge in [0.15, 0.2) is 0 Å². The van der Waals surface area contributed by atoms with Crippen LogP contribution in [-0.2, 0) is 12.8 Å². The Morgan fingerprint density at radius 1 is 1.18 bits per heavy atom. The summed E-state index contributed by atoms with van der Waals surface area (Å²) < 4.78 is 5.02. The van der Waals surface area contributed by atoms with Gasteiger partial charge in [-0.1, -0.05) is 17.3 Å². The maximum atomic E-state index is 5.69. The van der Waals surface area contributed by atoms with Gasteiger partial charge in [0, 0.05) is 11.1 Å². The van der Waals surface area contributed by atoms with Crippen LogP contribution in [0, 0.1) is 6.92 Å². The first-order chi connectivity index (χ1) is 8.25. The van der Waals surface area contributed by atoms with Gasteiger partial charge in [0.25, 0.3) is 0 Å². The van der Waals surface area contributed by atoms with Crippen molar-refractivity contribution in [2.24, 2.45) is 0 Å². The van der Waals surface area contributed by atoms with Crippen molar-refractivity contribution in [1.29, 1.82) is 0 Å². The first kappa shape index (κ1) is 10.4. The summed E-state index contributed by atoms with van der Waals surface area (Å²) in [6, 6.07) is 6.57. The van der Waals surface area contributed by atoms with E-state index in [1.807, 2.05) is 6.92 Å². The van der Waals surface area contributed by atoms with Crippen LogP contribution in [0.15, 0.2) is 22.7 Å². The standard InChI is InChI=1S/C14H16N2O/c1-9-13(16-17-14(9)15)12-7-6-10-4-2-3-5-11(10)8-12/h6-8H,2-5,15H2,1H3. The molecule has 1 aliphatic carbocycles. The number of hydrogen-bond donors (Lipinski definition) is 1. The normalized spacial score (nSPS) is 14.6. The molecule has 1 aromatic heterocycles.